The Morgan fingerprint density at radius 1 is 1.12 bits per heavy atom. The number of ether oxygens (including phenoxy) is 2. The van der Waals surface area contributed by atoms with Crippen molar-refractivity contribution < 1.29 is 18.7 Å². The number of carbonyl (C=O) groups excluding carboxylic acids is 1. The highest BCUT2D eigenvalue weighted by molar-refractivity contribution is 6.30. The van der Waals surface area contributed by atoms with Gasteiger partial charge in [-0.1, -0.05) is 23.7 Å². The molecule has 0 aliphatic heterocycles. The molecule has 1 N–H and O–H groups in total. The highest BCUT2D eigenvalue weighted by atomic mass is 35.5. The van der Waals surface area contributed by atoms with Crippen LogP contribution in [0.1, 0.15) is 32.4 Å². The van der Waals surface area contributed by atoms with Gasteiger partial charge >= 0.3 is 0 Å². The molecule has 134 valence electrons. The van der Waals surface area contributed by atoms with E-state index in [0.29, 0.717) is 5.75 Å². The van der Waals surface area contributed by atoms with Gasteiger partial charge in [-0.3, -0.25) is 4.79 Å². The Bertz CT molecular complexity index is 719. The molecule has 6 heteroatoms. The van der Waals surface area contributed by atoms with Crippen molar-refractivity contribution in [2.45, 2.75) is 32.9 Å². The smallest absolute Gasteiger partial charge is 0.258 e. The minimum atomic E-state index is -0.531. The number of hydrogen-bond donors (Lipinski definition) is 1. The van der Waals surface area contributed by atoms with E-state index < -0.39 is 5.82 Å². The van der Waals surface area contributed by atoms with Crippen LogP contribution < -0.4 is 14.8 Å². The maximum absolute atomic E-state index is 13.1. The van der Waals surface area contributed by atoms with Crippen LogP contribution >= 0.6 is 11.6 Å². The molecular weight excluding hydrogens is 345 g/mol. The van der Waals surface area contributed by atoms with Gasteiger partial charge in [-0.2, -0.15) is 0 Å². The first-order valence-electron chi connectivity index (χ1n) is 7.99. The molecule has 0 bridgehead atoms. The molecule has 2 aromatic carbocycles. The average Bonchev–Trinajstić information content (AvgIpc) is 2.56. The van der Waals surface area contributed by atoms with Gasteiger partial charge in [0, 0.05) is 6.07 Å². The molecule has 0 aromatic heterocycles. The third kappa shape index (κ3) is 5.94. The van der Waals surface area contributed by atoms with Gasteiger partial charge in [0.25, 0.3) is 5.91 Å². The Hall–Kier alpha value is -2.27. The van der Waals surface area contributed by atoms with Gasteiger partial charge < -0.3 is 14.8 Å². The second-order valence-electron chi connectivity index (χ2n) is 5.89. The van der Waals surface area contributed by atoms with E-state index in [1.165, 1.54) is 18.2 Å². The third-order valence-corrected chi connectivity index (χ3v) is 3.68. The summed E-state index contributed by atoms with van der Waals surface area (Å²) in [4.78, 5) is 12.0. The lowest BCUT2D eigenvalue weighted by molar-refractivity contribution is -0.123. The normalized spacial score (nSPS) is 11.9. The van der Waals surface area contributed by atoms with Crippen LogP contribution in [0.4, 0.5) is 4.39 Å². The average molecular weight is 366 g/mol. The lowest BCUT2D eigenvalue weighted by Crippen LogP contribution is -2.31. The van der Waals surface area contributed by atoms with Crippen molar-refractivity contribution in [1.29, 1.82) is 0 Å². The zero-order chi connectivity index (χ0) is 18.4. The predicted molar refractivity (Wildman–Crippen MR) is 95.7 cm³/mol. The van der Waals surface area contributed by atoms with Crippen LogP contribution in [0.2, 0.25) is 5.02 Å². The van der Waals surface area contributed by atoms with Crippen LogP contribution in [-0.4, -0.2) is 18.6 Å². The molecule has 2 aromatic rings. The van der Waals surface area contributed by atoms with Crippen molar-refractivity contribution in [3.63, 3.8) is 0 Å². The van der Waals surface area contributed by atoms with E-state index in [1.807, 2.05) is 45.0 Å². The molecule has 1 amide bonds. The van der Waals surface area contributed by atoms with Crippen molar-refractivity contribution in [2.75, 3.05) is 6.61 Å². The second kappa shape index (κ2) is 8.72. The van der Waals surface area contributed by atoms with Gasteiger partial charge in [-0.25, -0.2) is 4.39 Å². The van der Waals surface area contributed by atoms with Crippen LogP contribution in [0.25, 0.3) is 0 Å². The minimum absolute atomic E-state index is 0.0463. The fraction of sp³-hybridized carbons (Fsp3) is 0.316. The van der Waals surface area contributed by atoms with Gasteiger partial charge in [0.2, 0.25) is 0 Å². The van der Waals surface area contributed by atoms with Crippen molar-refractivity contribution in [3.05, 3.63) is 58.9 Å². The van der Waals surface area contributed by atoms with E-state index >= 15 is 0 Å². The molecule has 0 spiro atoms. The summed E-state index contributed by atoms with van der Waals surface area (Å²) in [6.07, 6.45) is 0.111. The summed E-state index contributed by atoms with van der Waals surface area (Å²) in [6.45, 7) is 5.63. The maximum atomic E-state index is 13.1. The first kappa shape index (κ1) is 19.1. The molecule has 0 radical (unpaired) electrons. The largest absolute Gasteiger partial charge is 0.491 e. The summed E-state index contributed by atoms with van der Waals surface area (Å²) in [7, 11) is 0. The Balaban J connectivity index is 1.85. The fourth-order valence-corrected chi connectivity index (χ4v) is 2.36. The van der Waals surface area contributed by atoms with E-state index in [0.717, 1.165) is 11.3 Å². The SMILES string of the molecule is CC(C)Oc1ccc(C(C)NC(=O)COc2ccc(F)c(Cl)c2)cc1. The van der Waals surface area contributed by atoms with E-state index in [9.17, 15) is 9.18 Å². The van der Waals surface area contributed by atoms with Gasteiger partial charge in [0.1, 0.15) is 17.3 Å². The summed E-state index contributed by atoms with van der Waals surface area (Å²) >= 11 is 5.67. The molecule has 0 aliphatic rings. The molecule has 2 rings (SSSR count). The highest BCUT2D eigenvalue weighted by Gasteiger charge is 2.11. The van der Waals surface area contributed by atoms with Gasteiger partial charge in [-0.05, 0) is 50.6 Å². The van der Waals surface area contributed by atoms with Crippen LogP contribution in [0, 0.1) is 5.82 Å². The molecule has 1 atom stereocenters. The van der Waals surface area contributed by atoms with E-state index in [1.54, 1.807) is 0 Å². The molecule has 0 heterocycles. The number of hydrogen-bond acceptors (Lipinski definition) is 3. The van der Waals surface area contributed by atoms with Crippen molar-refractivity contribution in [1.82, 2.24) is 5.32 Å². The zero-order valence-electron chi connectivity index (χ0n) is 14.4. The minimum Gasteiger partial charge on any atom is -0.491 e. The number of carbonyl (C=O) groups is 1. The number of rotatable bonds is 7. The molecule has 4 nitrogen and oxygen atoms in total. The molecule has 0 aliphatic carbocycles. The maximum Gasteiger partial charge on any atom is 0.258 e. The molecule has 1 unspecified atom stereocenters. The summed E-state index contributed by atoms with van der Waals surface area (Å²) in [5, 5.41) is 2.79. The molecule has 0 fully saturated rings. The van der Waals surface area contributed by atoms with Gasteiger partial charge in [-0.15, -0.1) is 0 Å². The Morgan fingerprint density at radius 3 is 2.36 bits per heavy atom. The Labute approximate surface area is 151 Å². The summed E-state index contributed by atoms with van der Waals surface area (Å²) in [5.41, 5.74) is 0.953. The number of nitrogens with one attached hydrogen (secondary N) is 1. The quantitative estimate of drug-likeness (QED) is 0.784. The van der Waals surface area contributed by atoms with Crippen LogP contribution in [0.5, 0.6) is 11.5 Å². The van der Waals surface area contributed by atoms with Crippen molar-refractivity contribution in [3.8, 4) is 11.5 Å². The Morgan fingerprint density at radius 2 is 1.76 bits per heavy atom. The highest BCUT2D eigenvalue weighted by Crippen LogP contribution is 2.21. The molecule has 25 heavy (non-hydrogen) atoms. The first-order valence-corrected chi connectivity index (χ1v) is 8.37. The van der Waals surface area contributed by atoms with Crippen LogP contribution in [-0.2, 0) is 4.79 Å². The first-order chi connectivity index (χ1) is 11.8. The topological polar surface area (TPSA) is 47.6 Å². The monoisotopic (exact) mass is 365 g/mol. The van der Waals surface area contributed by atoms with Crippen molar-refractivity contribution >= 4 is 17.5 Å². The van der Waals surface area contributed by atoms with Gasteiger partial charge in [0.15, 0.2) is 6.61 Å². The third-order valence-electron chi connectivity index (χ3n) is 3.39. The number of amides is 1. The summed E-state index contributed by atoms with van der Waals surface area (Å²) in [5.74, 6) is 0.311. The lowest BCUT2D eigenvalue weighted by atomic mass is 10.1. The van der Waals surface area contributed by atoms with E-state index in [4.69, 9.17) is 21.1 Å². The fourth-order valence-electron chi connectivity index (χ4n) is 2.19. The number of halogens is 2. The standard InChI is InChI=1S/C19H21ClFNO3/c1-12(2)25-15-6-4-14(5-7-15)13(3)22-19(23)11-24-16-8-9-18(21)17(20)10-16/h4-10,12-13H,11H2,1-3H3,(H,22,23). The zero-order valence-corrected chi connectivity index (χ0v) is 15.1. The Kier molecular flexibility index (Phi) is 6.65. The summed E-state index contributed by atoms with van der Waals surface area (Å²) < 4.78 is 24.0. The van der Waals surface area contributed by atoms with Crippen LogP contribution in [0.3, 0.4) is 0 Å². The molecular formula is C19H21ClFNO3. The lowest BCUT2D eigenvalue weighted by Gasteiger charge is -2.16. The van der Waals surface area contributed by atoms with E-state index in [2.05, 4.69) is 5.32 Å². The van der Waals surface area contributed by atoms with Crippen molar-refractivity contribution in [2.24, 2.45) is 0 Å². The number of benzene rings is 2. The summed E-state index contributed by atoms with van der Waals surface area (Å²) in [6, 6.07) is 11.3. The molecule has 0 saturated heterocycles. The second-order valence-corrected chi connectivity index (χ2v) is 6.30. The van der Waals surface area contributed by atoms with E-state index in [-0.39, 0.29) is 29.7 Å². The van der Waals surface area contributed by atoms with Gasteiger partial charge in [0.05, 0.1) is 17.2 Å². The van der Waals surface area contributed by atoms with Crippen LogP contribution in [0.15, 0.2) is 42.5 Å². The molecule has 0 saturated carbocycles. The predicted octanol–water partition coefficient (Wildman–Crippen LogP) is 4.52.